The average molecular weight is 574 g/mol. The van der Waals surface area contributed by atoms with Crippen molar-refractivity contribution in [1.29, 1.82) is 5.41 Å². The second-order valence-electron chi connectivity index (χ2n) is 8.81. The molecule has 0 atom stereocenters. The van der Waals surface area contributed by atoms with Gasteiger partial charge in [0.1, 0.15) is 0 Å². The van der Waals surface area contributed by atoms with Crippen LogP contribution in [0.15, 0.2) is 32.5 Å². The summed E-state index contributed by atoms with van der Waals surface area (Å²) in [6.45, 7) is 17.0. The summed E-state index contributed by atoms with van der Waals surface area (Å²) in [5.41, 5.74) is 15.6. The molecule has 3 heterocycles. The van der Waals surface area contributed by atoms with Gasteiger partial charge in [0.2, 0.25) is 5.70 Å². The summed E-state index contributed by atoms with van der Waals surface area (Å²) in [5.74, 6) is 0. The average Bonchev–Trinajstić information content (AvgIpc) is 3.33. The number of allylic oxidation sites excluding steroid dienone is 5. The van der Waals surface area contributed by atoms with Crippen LogP contribution in [0.3, 0.4) is 0 Å². The molecule has 2 aromatic heterocycles. The van der Waals surface area contributed by atoms with Crippen molar-refractivity contribution in [2.75, 3.05) is 0 Å². The minimum absolute atomic E-state index is 0. The smallest absolute Gasteiger partial charge is 0.209 e. The van der Waals surface area contributed by atoms with Crippen LogP contribution in [0.5, 0.6) is 0 Å². The summed E-state index contributed by atoms with van der Waals surface area (Å²) < 4.78 is 0.995. The van der Waals surface area contributed by atoms with Crippen molar-refractivity contribution in [2.45, 2.75) is 61.8 Å². The van der Waals surface area contributed by atoms with Crippen molar-refractivity contribution in [3.63, 3.8) is 0 Å². The first-order valence-electron chi connectivity index (χ1n) is 11.0. The molecular weight excluding hydrogens is 540 g/mol. The molecule has 0 unspecified atom stereocenters. The Hall–Kier alpha value is -2.18. The molecule has 0 bridgehead atoms. The third-order valence-electron chi connectivity index (χ3n) is 6.93. The van der Waals surface area contributed by atoms with Gasteiger partial charge in [0.15, 0.2) is 6.21 Å². The van der Waals surface area contributed by atoms with Gasteiger partial charge in [-0.2, -0.15) is 0 Å². The van der Waals surface area contributed by atoms with Crippen LogP contribution in [0.1, 0.15) is 72.7 Å². The highest BCUT2D eigenvalue weighted by atomic mass is 79.9. The SMILES string of the molecule is CC1=C(C)/C(=C/c2[nH]c(Cc3[nH]c(/C=C(Br)/C(C)=C(/C)C=N)c(C)c3C)c(C)c2C)[NH+]=C1.[Br-]. The molecule has 2 aromatic rings. The van der Waals surface area contributed by atoms with Crippen LogP contribution >= 0.6 is 15.9 Å². The van der Waals surface area contributed by atoms with Crippen molar-refractivity contribution < 1.29 is 22.0 Å². The van der Waals surface area contributed by atoms with E-state index in [-0.39, 0.29) is 17.0 Å². The lowest BCUT2D eigenvalue weighted by atomic mass is 10.0. The maximum Gasteiger partial charge on any atom is 0.209 e. The zero-order valence-electron chi connectivity index (χ0n) is 20.8. The summed E-state index contributed by atoms with van der Waals surface area (Å²) in [7, 11) is 0. The van der Waals surface area contributed by atoms with Crippen LogP contribution in [0.2, 0.25) is 0 Å². The third-order valence-corrected chi connectivity index (χ3v) is 7.75. The summed E-state index contributed by atoms with van der Waals surface area (Å²) in [6, 6.07) is 0. The summed E-state index contributed by atoms with van der Waals surface area (Å²) in [4.78, 5) is 10.7. The number of rotatable bonds is 6. The highest BCUT2D eigenvalue weighted by molar-refractivity contribution is 9.12. The first-order chi connectivity index (χ1) is 15.0. The molecule has 0 aliphatic carbocycles. The molecule has 0 radical (unpaired) electrons. The van der Waals surface area contributed by atoms with Gasteiger partial charge < -0.3 is 32.4 Å². The predicted octanol–water partition coefficient (Wildman–Crippen LogP) is 2.74. The molecular formula is C27H34Br2N4. The van der Waals surface area contributed by atoms with Crippen molar-refractivity contribution in [1.82, 2.24) is 9.97 Å². The van der Waals surface area contributed by atoms with Gasteiger partial charge in [-0.25, -0.2) is 4.99 Å². The monoisotopic (exact) mass is 572 g/mol. The lowest BCUT2D eigenvalue weighted by Gasteiger charge is -2.03. The second-order valence-corrected chi connectivity index (χ2v) is 9.66. The fourth-order valence-corrected chi connectivity index (χ4v) is 4.36. The Balaban J connectivity index is 0.00000385. The first-order valence-corrected chi connectivity index (χ1v) is 11.7. The molecule has 0 fully saturated rings. The second kappa shape index (κ2) is 10.8. The number of halogens is 2. The third kappa shape index (κ3) is 5.49. The van der Waals surface area contributed by atoms with Crippen LogP contribution in [-0.2, 0) is 6.42 Å². The van der Waals surface area contributed by atoms with E-state index in [1.807, 2.05) is 13.8 Å². The molecule has 0 saturated carbocycles. The summed E-state index contributed by atoms with van der Waals surface area (Å²) >= 11 is 3.69. The Bertz CT molecular complexity index is 1240. The van der Waals surface area contributed by atoms with E-state index in [0.717, 1.165) is 39.1 Å². The zero-order chi connectivity index (χ0) is 23.7. The largest absolute Gasteiger partial charge is 1.00 e. The zero-order valence-corrected chi connectivity index (χ0v) is 23.9. The van der Waals surface area contributed by atoms with Gasteiger partial charge in [-0.05, 0) is 94.9 Å². The van der Waals surface area contributed by atoms with Crippen LogP contribution in [0.4, 0.5) is 0 Å². The molecule has 1 aliphatic rings. The normalized spacial score (nSPS) is 15.9. The van der Waals surface area contributed by atoms with Crippen LogP contribution in [0.25, 0.3) is 12.2 Å². The van der Waals surface area contributed by atoms with Crippen molar-refractivity contribution in [3.05, 3.63) is 77.5 Å². The topological polar surface area (TPSA) is 69.4 Å². The van der Waals surface area contributed by atoms with Gasteiger partial charge in [-0.3, -0.25) is 0 Å². The molecule has 0 spiro atoms. The molecule has 6 heteroatoms. The molecule has 4 N–H and O–H groups in total. The number of hydrogen-bond donors (Lipinski definition) is 4. The van der Waals surface area contributed by atoms with E-state index in [1.165, 1.54) is 51.0 Å². The van der Waals surface area contributed by atoms with E-state index in [1.54, 1.807) is 0 Å². The maximum atomic E-state index is 7.49. The fourth-order valence-electron chi connectivity index (χ4n) is 3.82. The van der Waals surface area contributed by atoms with Crippen molar-refractivity contribution in [3.8, 4) is 0 Å². The summed E-state index contributed by atoms with van der Waals surface area (Å²) in [6.07, 6.45) is 8.62. The van der Waals surface area contributed by atoms with Crippen LogP contribution in [0, 0.1) is 33.1 Å². The standard InChI is InChI=1S/C27H33BrN4.BrH/c1-14(12-29)16(3)22(28)9-24-18(5)19(6)26(31-24)11-27-21(8)20(7)25(32-27)10-23-17(4)15(2)13-30-23;/h9-10,12-13,29,31-32H,11H2,1-8H3;1H/b16-14-,22-9-,23-10-,29-12?;. The lowest BCUT2D eigenvalue weighted by molar-refractivity contribution is -0.380. The maximum absolute atomic E-state index is 7.49. The minimum atomic E-state index is 0. The Kier molecular flexibility index (Phi) is 8.88. The highest BCUT2D eigenvalue weighted by Crippen LogP contribution is 2.28. The van der Waals surface area contributed by atoms with Gasteiger partial charge in [0, 0.05) is 57.1 Å². The quantitative estimate of drug-likeness (QED) is 0.303. The Labute approximate surface area is 216 Å². The molecule has 4 nitrogen and oxygen atoms in total. The van der Waals surface area contributed by atoms with E-state index in [9.17, 15) is 0 Å². The van der Waals surface area contributed by atoms with Crippen molar-refractivity contribution >= 4 is 40.5 Å². The number of H-pyrrole nitrogens is 2. The van der Waals surface area contributed by atoms with Gasteiger partial charge in [-0.15, -0.1) is 0 Å². The molecule has 1 aliphatic heterocycles. The highest BCUT2D eigenvalue weighted by Gasteiger charge is 2.19. The number of aromatic amines is 2. The molecule has 176 valence electrons. The minimum Gasteiger partial charge on any atom is -1.00 e. The molecule has 3 rings (SSSR count). The lowest BCUT2D eigenvalue weighted by Crippen LogP contribution is -3.00. The number of hydrogen-bond acceptors (Lipinski definition) is 1. The number of nitrogens with one attached hydrogen (secondary N) is 4. The van der Waals surface area contributed by atoms with Crippen LogP contribution in [-0.4, -0.2) is 22.4 Å². The Morgan fingerprint density at radius 3 is 2.00 bits per heavy atom. The van der Waals surface area contributed by atoms with E-state index in [0.29, 0.717) is 0 Å². The van der Waals surface area contributed by atoms with Gasteiger partial charge in [0.05, 0.1) is 0 Å². The van der Waals surface area contributed by atoms with Crippen molar-refractivity contribution in [2.24, 2.45) is 0 Å². The summed E-state index contributed by atoms with van der Waals surface area (Å²) in [5, 5.41) is 7.49. The predicted molar refractivity (Wildman–Crippen MR) is 141 cm³/mol. The van der Waals surface area contributed by atoms with Crippen LogP contribution < -0.4 is 22.0 Å². The first kappa shape index (κ1) is 27.1. The van der Waals surface area contributed by atoms with E-state index in [4.69, 9.17) is 5.41 Å². The van der Waals surface area contributed by atoms with E-state index in [2.05, 4.69) is 90.8 Å². The Morgan fingerprint density at radius 1 is 0.939 bits per heavy atom. The number of aromatic nitrogens is 2. The Morgan fingerprint density at radius 2 is 1.48 bits per heavy atom. The van der Waals surface area contributed by atoms with E-state index >= 15 is 0 Å². The van der Waals surface area contributed by atoms with Gasteiger partial charge in [0.25, 0.3) is 0 Å². The fraction of sp³-hybridized carbons (Fsp3) is 0.333. The molecule has 0 saturated heterocycles. The molecule has 0 amide bonds. The molecule has 33 heavy (non-hydrogen) atoms. The van der Waals surface area contributed by atoms with Gasteiger partial charge in [-0.1, -0.05) is 15.9 Å². The van der Waals surface area contributed by atoms with Gasteiger partial charge >= 0.3 is 0 Å². The van der Waals surface area contributed by atoms with E-state index < -0.39 is 0 Å². The molecule has 0 aromatic carbocycles.